The van der Waals surface area contributed by atoms with E-state index in [2.05, 4.69) is 18.1 Å². The van der Waals surface area contributed by atoms with Crippen LogP contribution in [0, 0.1) is 0 Å². The Bertz CT molecular complexity index is 268. The van der Waals surface area contributed by atoms with Crippen molar-refractivity contribution in [3.05, 3.63) is 37.1 Å². The van der Waals surface area contributed by atoms with Crippen molar-refractivity contribution in [1.82, 2.24) is 4.90 Å². The Kier molecular flexibility index (Phi) is 13.6. The summed E-state index contributed by atoms with van der Waals surface area (Å²) in [4.78, 5) is 2.47. The van der Waals surface area contributed by atoms with E-state index >= 15 is 0 Å². The molecule has 0 aromatic heterocycles. The van der Waals surface area contributed by atoms with Crippen molar-refractivity contribution in [3.8, 4) is 0 Å². The minimum absolute atomic E-state index is 0.556. The molecule has 1 rings (SSSR count). The first-order valence-electron chi connectivity index (χ1n) is 7.74. The maximum Gasteiger partial charge on any atom is 0.112 e. The van der Waals surface area contributed by atoms with Gasteiger partial charge in [0.1, 0.15) is 12.4 Å². The quantitative estimate of drug-likeness (QED) is 0.365. The van der Waals surface area contributed by atoms with Crippen LogP contribution >= 0.6 is 0 Å². The fourth-order valence-corrected chi connectivity index (χ4v) is 1.93. The van der Waals surface area contributed by atoms with Gasteiger partial charge < -0.3 is 14.4 Å². The highest BCUT2D eigenvalue weighted by Crippen LogP contribution is 2.07. The van der Waals surface area contributed by atoms with Crippen molar-refractivity contribution >= 4 is 0 Å². The Labute approximate surface area is 124 Å². The van der Waals surface area contributed by atoms with E-state index < -0.39 is 0 Å². The molecule has 1 fully saturated rings. The Morgan fingerprint density at radius 2 is 1.80 bits per heavy atom. The first-order chi connectivity index (χ1) is 9.83. The van der Waals surface area contributed by atoms with Gasteiger partial charge in [-0.1, -0.05) is 45.6 Å². The van der Waals surface area contributed by atoms with E-state index in [0.29, 0.717) is 19.0 Å². The molecule has 1 aliphatic rings. The molecule has 3 heteroatoms. The van der Waals surface area contributed by atoms with Crippen LogP contribution in [0.2, 0.25) is 0 Å². The highest BCUT2D eigenvalue weighted by Gasteiger charge is 2.08. The zero-order valence-electron chi connectivity index (χ0n) is 13.3. The summed E-state index contributed by atoms with van der Waals surface area (Å²) in [5.41, 5.74) is 0. The predicted molar refractivity (Wildman–Crippen MR) is 86.9 cm³/mol. The molecule has 0 aromatic carbocycles. The number of piperidine rings is 1. The molecular weight excluding hydrogens is 250 g/mol. The lowest BCUT2D eigenvalue weighted by Crippen LogP contribution is -2.32. The van der Waals surface area contributed by atoms with Crippen molar-refractivity contribution in [3.63, 3.8) is 0 Å². The molecule has 0 spiro atoms. The Hall–Kier alpha value is -1.06. The second-order valence-corrected chi connectivity index (χ2v) is 4.42. The first kappa shape index (κ1) is 18.9. The Morgan fingerprint density at radius 3 is 2.45 bits per heavy atom. The second-order valence-electron chi connectivity index (χ2n) is 4.42. The maximum absolute atomic E-state index is 5.54. The number of nitrogens with zero attached hydrogens (tertiary/aromatic N) is 1. The number of likely N-dealkylation sites (tertiary alicyclic amines) is 1. The first-order valence-corrected chi connectivity index (χ1v) is 7.74. The van der Waals surface area contributed by atoms with E-state index in [0.717, 1.165) is 13.2 Å². The second kappa shape index (κ2) is 14.4. The zero-order valence-corrected chi connectivity index (χ0v) is 13.3. The largest absolute Gasteiger partial charge is 0.492 e. The number of hydrogen-bond acceptors (Lipinski definition) is 3. The molecule has 3 nitrogen and oxygen atoms in total. The third-order valence-electron chi connectivity index (χ3n) is 2.93. The average Bonchev–Trinajstić information content (AvgIpc) is 2.51. The molecule has 116 valence electrons. The molecule has 0 radical (unpaired) electrons. The normalized spacial score (nSPS) is 15.5. The average molecular weight is 281 g/mol. The van der Waals surface area contributed by atoms with Gasteiger partial charge in [0.05, 0.1) is 13.2 Å². The van der Waals surface area contributed by atoms with Gasteiger partial charge in [0.25, 0.3) is 0 Å². The highest BCUT2D eigenvalue weighted by atomic mass is 16.5. The lowest BCUT2D eigenvalue weighted by molar-refractivity contribution is 0.0605. The summed E-state index contributed by atoms with van der Waals surface area (Å²) >= 11 is 0. The fraction of sp³-hybridized carbons (Fsp3) is 0.647. The van der Waals surface area contributed by atoms with Gasteiger partial charge in [0, 0.05) is 6.54 Å². The maximum atomic E-state index is 5.54. The summed E-state index contributed by atoms with van der Waals surface area (Å²) < 4.78 is 10.9. The number of ether oxygens (including phenoxy) is 2. The van der Waals surface area contributed by atoms with Crippen molar-refractivity contribution in [2.75, 3.05) is 39.5 Å². The van der Waals surface area contributed by atoms with Crippen LogP contribution in [0.3, 0.4) is 0 Å². The monoisotopic (exact) mass is 281 g/mol. The van der Waals surface area contributed by atoms with Crippen LogP contribution in [-0.2, 0) is 9.47 Å². The predicted octanol–water partition coefficient (Wildman–Crippen LogP) is 3.79. The summed E-state index contributed by atoms with van der Waals surface area (Å²) in [5.74, 6) is 0.648. The van der Waals surface area contributed by atoms with Crippen LogP contribution in [-0.4, -0.2) is 44.4 Å². The van der Waals surface area contributed by atoms with Crippen LogP contribution in [0.4, 0.5) is 0 Å². The van der Waals surface area contributed by atoms with Gasteiger partial charge in [0.15, 0.2) is 0 Å². The van der Waals surface area contributed by atoms with Crippen molar-refractivity contribution in [2.45, 2.75) is 33.1 Å². The van der Waals surface area contributed by atoms with Gasteiger partial charge in [-0.2, -0.15) is 0 Å². The van der Waals surface area contributed by atoms with Gasteiger partial charge in [-0.15, -0.1) is 0 Å². The molecular formula is C17H31NO2. The van der Waals surface area contributed by atoms with Crippen molar-refractivity contribution in [2.24, 2.45) is 0 Å². The minimum atomic E-state index is 0.556. The van der Waals surface area contributed by atoms with E-state index in [-0.39, 0.29) is 0 Å². The lowest BCUT2D eigenvalue weighted by atomic mass is 10.1. The van der Waals surface area contributed by atoms with Gasteiger partial charge >= 0.3 is 0 Å². The molecule has 20 heavy (non-hydrogen) atoms. The van der Waals surface area contributed by atoms with E-state index in [9.17, 15) is 0 Å². The summed E-state index contributed by atoms with van der Waals surface area (Å²) in [6.07, 6.45) is 9.34. The molecule has 1 aliphatic heterocycles. The summed E-state index contributed by atoms with van der Waals surface area (Å²) in [6.45, 7) is 16.8. The summed E-state index contributed by atoms with van der Waals surface area (Å²) in [5, 5.41) is 0. The molecule has 0 aromatic rings. The standard InChI is InChI=1S/C15H25NO2.C2H6/c1-3-4-8-15(2)18-14-13-17-12-11-16-9-6-5-7-10-16;1-2/h3-4,8H,1-2,5-7,9-14H2;1-2H3/b8-4-;. The van der Waals surface area contributed by atoms with Gasteiger partial charge in [0.2, 0.25) is 0 Å². The smallest absolute Gasteiger partial charge is 0.112 e. The molecule has 0 bridgehead atoms. The third-order valence-corrected chi connectivity index (χ3v) is 2.93. The topological polar surface area (TPSA) is 21.7 Å². The lowest BCUT2D eigenvalue weighted by Gasteiger charge is -2.26. The molecule has 0 unspecified atom stereocenters. The molecule has 0 aliphatic carbocycles. The highest BCUT2D eigenvalue weighted by molar-refractivity contribution is 5.12. The van der Waals surface area contributed by atoms with Crippen LogP contribution in [0.25, 0.3) is 0 Å². The van der Waals surface area contributed by atoms with E-state index in [1.807, 2.05) is 13.8 Å². The molecule has 0 saturated carbocycles. The zero-order chi connectivity index (χ0) is 15.1. The van der Waals surface area contributed by atoms with Crippen LogP contribution in [0.1, 0.15) is 33.1 Å². The van der Waals surface area contributed by atoms with Crippen molar-refractivity contribution < 1.29 is 9.47 Å². The molecule has 0 atom stereocenters. The van der Waals surface area contributed by atoms with Crippen molar-refractivity contribution in [1.29, 1.82) is 0 Å². The number of allylic oxidation sites excluding steroid dienone is 3. The minimum Gasteiger partial charge on any atom is -0.492 e. The summed E-state index contributed by atoms with van der Waals surface area (Å²) in [6, 6.07) is 0. The SMILES string of the molecule is C=C/C=C\C(=C)OCCOCCN1CCCCC1.CC. The van der Waals surface area contributed by atoms with Gasteiger partial charge in [-0.05, 0) is 32.0 Å². The van der Waals surface area contributed by atoms with E-state index in [4.69, 9.17) is 9.47 Å². The summed E-state index contributed by atoms with van der Waals surface area (Å²) in [7, 11) is 0. The molecule has 0 N–H and O–H groups in total. The number of rotatable bonds is 9. The Balaban J connectivity index is 0.00000172. The molecule has 1 saturated heterocycles. The van der Waals surface area contributed by atoms with Gasteiger partial charge in [-0.3, -0.25) is 0 Å². The molecule has 1 heterocycles. The van der Waals surface area contributed by atoms with E-state index in [1.54, 1.807) is 18.2 Å². The van der Waals surface area contributed by atoms with Crippen LogP contribution < -0.4 is 0 Å². The van der Waals surface area contributed by atoms with Crippen LogP contribution in [0.15, 0.2) is 37.1 Å². The van der Waals surface area contributed by atoms with Gasteiger partial charge in [-0.25, -0.2) is 0 Å². The third kappa shape index (κ3) is 10.8. The van der Waals surface area contributed by atoms with Crippen LogP contribution in [0.5, 0.6) is 0 Å². The van der Waals surface area contributed by atoms with E-state index in [1.165, 1.54) is 32.4 Å². The molecule has 0 amide bonds. The number of hydrogen-bond donors (Lipinski definition) is 0. The Morgan fingerprint density at radius 1 is 1.10 bits per heavy atom. The fourth-order valence-electron chi connectivity index (χ4n) is 1.93.